The standard InChI is InChI=1S/C27H39NO2/c1-3-4-5-6-7-8-9-10-11-15-21-30-27(29)25-19-16-20-26(22-25)28(2)23-24-17-13-12-14-18-24/h12-14,16-20,22H,3-11,15,21,23H2,1-2H3. The summed E-state index contributed by atoms with van der Waals surface area (Å²) in [6, 6.07) is 18.0. The second-order valence-corrected chi connectivity index (χ2v) is 8.21. The summed E-state index contributed by atoms with van der Waals surface area (Å²) in [5.41, 5.74) is 2.89. The fraction of sp³-hybridized carbons (Fsp3) is 0.519. The lowest BCUT2D eigenvalue weighted by Crippen LogP contribution is -2.17. The van der Waals surface area contributed by atoms with Gasteiger partial charge in [-0.1, -0.05) is 101 Å². The van der Waals surface area contributed by atoms with Crippen LogP contribution in [-0.4, -0.2) is 19.6 Å². The maximum atomic E-state index is 12.4. The van der Waals surface area contributed by atoms with Gasteiger partial charge in [-0.25, -0.2) is 4.79 Å². The number of carbonyl (C=O) groups is 1. The van der Waals surface area contributed by atoms with Crippen LogP contribution in [0.3, 0.4) is 0 Å². The van der Waals surface area contributed by atoms with Crippen molar-refractivity contribution in [3.05, 3.63) is 65.7 Å². The van der Waals surface area contributed by atoms with Crippen LogP contribution in [0, 0.1) is 0 Å². The molecule has 2 aromatic carbocycles. The van der Waals surface area contributed by atoms with Gasteiger partial charge in [0.05, 0.1) is 12.2 Å². The second kappa shape index (κ2) is 14.7. The molecule has 2 aromatic rings. The van der Waals surface area contributed by atoms with Gasteiger partial charge in [0, 0.05) is 19.3 Å². The van der Waals surface area contributed by atoms with E-state index in [0.717, 1.165) is 25.1 Å². The minimum Gasteiger partial charge on any atom is -0.462 e. The molecule has 0 heterocycles. The van der Waals surface area contributed by atoms with Crippen LogP contribution in [0.5, 0.6) is 0 Å². The van der Waals surface area contributed by atoms with E-state index in [1.54, 1.807) is 0 Å². The van der Waals surface area contributed by atoms with E-state index in [0.29, 0.717) is 12.2 Å². The van der Waals surface area contributed by atoms with E-state index in [1.807, 2.05) is 49.5 Å². The van der Waals surface area contributed by atoms with E-state index in [2.05, 4.69) is 24.0 Å². The quantitative estimate of drug-likeness (QED) is 0.227. The molecule has 0 atom stereocenters. The lowest BCUT2D eigenvalue weighted by molar-refractivity contribution is 0.0497. The third-order valence-corrected chi connectivity index (χ3v) is 5.52. The summed E-state index contributed by atoms with van der Waals surface area (Å²) in [5.74, 6) is -0.221. The number of hydrogen-bond donors (Lipinski definition) is 0. The van der Waals surface area contributed by atoms with Crippen LogP contribution in [0.1, 0.15) is 87.1 Å². The normalized spacial score (nSPS) is 10.7. The zero-order valence-corrected chi connectivity index (χ0v) is 18.9. The number of unbranched alkanes of at least 4 members (excludes halogenated alkanes) is 9. The maximum Gasteiger partial charge on any atom is 0.338 e. The highest BCUT2D eigenvalue weighted by molar-refractivity contribution is 5.90. The summed E-state index contributed by atoms with van der Waals surface area (Å²) in [6.07, 6.45) is 12.8. The predicted octanol–water partition coefficient (Wildman–Crippen LogP) is 7.40. The molecule has 0 N–H and O–H groups in total. The molecule has 0 aliphatic rings. The van der Waals surface area contributed by atoms with E-state index in [4.69, 9.17) is 4.74 Å². The Morgan fingerprint density at radius 1 is 0.800 bits per heavy atom. The Balaban J connectivity index is 1.63. The highest BCUT2D eigenvalue weighted by Crippen LogP contribution is 2.18. The van der Waals surface area contributed by atoms with Crippen molar-refractivity contribution in [2.45, 2.75) is 77.7 Å². The van der Waals surface area contributed by atoms with E-state index < -0.39 is 0 Å². The molecule has 0 aromatic heterocycles. The van der Waals surface area contributed by atoms with Crippen molar-refractivity contribution >= 4 is 11.7 Å². The van der Waals surface area contributed by atoms with Gasteiger partial charge in [-0.2, -0.15) is 0 Å². The maximum absolute atomic E-state index is 12.4. The van der Waals surface area contributed by atoms with Gasteiger partial charge in [0.25, 0.3) is 0 Å². The minimum absolute atomic E-state index is 0.221. The topological polar surface area (TPSA) is 29.5 Å². The predicted molar refractivity (Wildman–Crippen MR) is 127 cm³/mol. The molecule has 0 amide bonds. The molecule has 0 bridgehead atoms. The Morgan fingerprint density at radius 3 is 2.10 bits per heavy atom. The molecule has 0 aliphatic carbocycles. The van der Waals surface area contributed by atoms with Crippen molar-refractivity contribution < 1.29 is 9.53 Å². The van der Waals surface area contributed by atoms with Gasteiger partial charge in [0.2, 0.25) is 0 Å². The minimum atomic E-state index is -0.221. The summed E-state index contributed by atoms with van der Waals surface area (Å²) in [6.45, 7) is 3.57. The highest BCUT2D eigenvalue weighted by atomic mass is 16.5. The first-order chi connectivity index (χ1) is 14.7. The number of esters is 1. The number of carbonyl (C=O) groups excluding carboxylic acids is 1. The van der Waals surface area contributed by atoms with Crippen LogP contribution in [0.25, 0.3) is 0 Å². The van der Waals surface area contributed by atoms with Gasteiger partial charge >= 0.3 is 5.97 Å². The average Bonchev–Trinajstić information content (AvgIpc) is 2.78. The average molecular weight is 410 g/mol. The molecule has 3 heteroatoms. The van der Waals surface area contributed by atoms with Crippen LogP contribution in [-0.2, 0) is 11.3 Å². The molecule has 0 radical (unpaired) electrons. The van der Waals surface area contributed by atoms with Crippen LogP contribution >= 0.6 is 0 Å². The van der Waals surface area contributed by atoms with Crippen molar-refractivity contribution in [2.75, 3.05) is 18.6 Å². The van der Waals surface area contributed by atoms with Crippen molar-refractivity contribution in [2.24, 2.45) is 0 Å². The number of nitrogens with zero attached hydrogens (tertiary/aromatic N) is 1. The summed E-state index contributed by atoms with van der Waals surface area (Å²) in [4.78, 5) is 14.5. The number of benzene rings is 2. The molecule has 164 valence electrons. The van der Waals surface area contributed by atoms with Crippen LogP contribution in [0.4, 0.5) is 5.69 Å². The fourth-order valence-electron chi connectivity index (χ4n) is 3.66. The van der Waals surface area contributed by atoms with Crippen LogP contribution in [0.15, 0.2) is 54.6 Å². The van der Waals surface area contributed by atoms with Gasteiger partial charge in [0.1, 0.15) is 0 Å². The number of ether oxygens (including phenoxy) is 1. The monoisotopic (exact) mass is 409 g/mol. The largest absolute Gasteiger partial charge is 0.462 e. The summed E-state index contributed by atoms with van der Waals surface area (Å²) >= 11 is 0. The van der Waals surface area contributed by atoms with Gasteiger partial charge in [-0.15, -0.1) is 0 Å². The Labute approximate surface area is 183 Å². The zero-order chi connectivity index (χ0) is 21.4. The summed E-state index contributed by atoms with van der Waals surface area (Å²) in [5, 5.41) is 0. The molecule has 2 rings (SSSR count). The Kier molecular flexibility index (Phi) is 11.7. The van der Waals surface area contributed by atoms with Gasteiger partial charge < -0.3 is 9.64 Å². The molecule has 0 saturated heterocycles. The van der Waals surface area contributed by atoms with Crippen molar-refractivity contribution in [1.29, 1.82) is 0 Å². The van der Waals surface area contributed by atoms with Gasteiger partial charge in [0.15, 0.2) is 0 Å². The number of hydrogen-bond acceptors (Lipinski definition) is 3. The van der Waals surface area contributed by atoms with Gasteiger partial charge in [-0.05, 0) is 30.2 Å². The molecule has 0 saturated carbocycles. The van der Waals surface area contributed by atoms with E-state index >= 15 is 0 Å². The van der Waals surface area contributed by atoms with Crippen molar-refractivity contribution in [3.63, 3.8) is 0 Å². The Hall–Kier alpha value is -2.29. The number of anilines is 1. The first kappa shape index (κ1) is 24.0. The molecule has 30 heavy (non-hydrogen) atoms. The Bertz CT molecular complexity index is 714. The van der Waals surface area contributed by atoms with Crippen molar-refractivity contribution in [3.8, 4) is 0 Å². The molecular weight excluding hydrogens is 370 g/mol. The summed E-state index contributed by atoms with van der Waals surface area (Å²) < 4.78 is 5.50. The second-order valence-electron chi connectivity index (χ2n) is 8.21. The fourth-order valence-corrected chi connectivity index (χ4v) is 3.66. The summed E-state index contributed by atoms with van der Waals surface area (Å²) in [7, 11) is 2.04. The third-order valence-electron chi connectivity index (χ3n) is 5.52. The lowest BCUT2D eigenvalue weighted by Gasteiger charge is -2.20. The first-order valence-corrected chi connectivity index (χ1v) is 11.7. The van der Waals surface area contributed by atoms with Crippen LogP contribution in [0.2, 0.25) is 0 Å². The van der Waals surface area contributed by atoms with E-state index in [-0.39, 0.29) is 5.97 Å². The highest BCUT2D eigenvalue weighted by Gasteiger charge is 2.10. The lowest BCUT2D eigenvalue weighted by atomic mass is 10.1. The van der Waals surface area contributed by atoms with E-state index in [9.17, 15) is 4.79 Å². The zero-order valence-electron chi connectivity index (χ0n) is 18.9. The molecule has 0 aliphatic heterocycles. The van der Waals surface area contributed by atoms with Crippen molar-refractivity contribution in [1.82, 2.24) is 0 Å². The van der Waals surface area contributed by atoms with Gasteiger partial charge in [-0.3, -0.25) is 0 Å². The molecule has 0 spiro atoms. The first-order valence-electron chi connectivity index (χ1n) is 11.7. The third kappa shape index (κ3) is 9.47. The molecule has 3 nitrogen and oxygen atoms in total. The molecular formula is C27H39NO2. The smallest absolute Gasteiger partial charge is 0.338 e. The molecule has 0 unspecified atom stereocenters. The number of rotatable bonds is 15. The SMILES string of the molecule is CCCCCCCCCCCCOC(=O)c1cccc(N(C)Cc2ccccc2)c1. The van der Waals surface area contributed by atoms with Crippen LogP contribution < -0.4 is 4.90 Å². The molecule has 0 fully saturated rings. The van der Waals surface area contributed by atoms with E-state index in [1.165, 1.54) is 56.9 Å². The Morgan fingerprint density at radius 2 is 1.43 bits per heavy atom.